The van der Waals surface area contributed by atoms with Gasteiger partial charge in [-0.2, -0.15) is 0 Å². The second kappa shape index (κ2) is 4.07. The van der Waals surface area contributed by atoms with Gasteiger partial charge in [-0.25, -0.2) is 4.79 Å². The van der Waals surface area contributed by atoms with E-state index in [1.807, 2.05) is 6.92 Å². The zero-order valence-electron chi connectivity index (χ0n) is 7.82. The number of ether oxygens (including phenoxy) is 1. The van der Waals surface area contributed by atoms with E-state index in [4.69, 9.17) is 14.9 Å². The highest BCUT2D eigenvalue weighted by Crippen LogP contribution is 2.32. The molecule has 0 aromatic rings. The maximum Gasteiger partial charge on any atom is 0.335 e. The van der Waals surface area contributed by atoms with Crippen molar-refractivity contribution in [1.29, 1.82) is 0 Å². The fraction of sp³-hybridized carbons (Fsp3) is 0.889. The van der Waals surface area contributed by atoms with Crippen molar-refractivity contribution in [2.75, 3.05) is 13.2 Å². The van der Waals surface area contributed by atoms with Gasteiger partial charge in [0.2, 0.25) is 0 Å². The minimum Gasteiger partial charge on any atom is -0.479 e. The minimum atomic E-state index is -1.03. The highest BCUT2D eigenvalue weighted by Gasteiger charge is 2.43. The van der Waals surface area contributed by atoms with Crippen LogP contribution < -0.4 is 0 Å². The molecule has 1 rings (SSSR count). The molecule has 4 heteroatoms. The van der Waals surface area contributed by atoms with Gasteiger partial charge in [-0.3, -0.25) is 0 Å². The van der Waals surface area contributed by atoms with E-state index >= 15 is 0 Å². The van der Waals surface area contributed by atoms with Gasteiger partial charge < -0.3 is 14.9 Å². The molecule has 2 atom stereocenters. The molecule has 0 radical (unpaired) electrons. The van der Waals surface area contributed by atoms with E-state index in [0.29, 0.717) is 19.4 Å². The molecule has 2 unspecified atom stereocenters. The van der Waals surface area contributed by atoms with Crippen LogP contribution in [0.15, 0.2) is 0 Å². The maximum atomic E-state index is 11.0. The zero-order chi connectivity index (χ0) is 9.90. The molecular formula is C9H16O4. The predicted octanol–water partition coefficient (Wildman–Crippen LogP) is 0.639. The van der Waals surface area contributed by atoms with E-state index in [-0.39, 0.29) is 12.5 Å². The molecule has 1 fully saturated rings. The van der Waals surface area contributed by atoms with Crippen LogP contribution in [0.5, 0.6) is 0 Å². The van der Waals surface area contributed by atoms with Crippen LogP contribution in [0, 0.1) is 5.92 Å². The molecule has 1 saturated heterocycles. The van der Waals surface area contributed by atoms with E-state index in [2.05, 4.69) is 0 Å². The third-order valence-electron chi connectivity index (χ3n) is 2.48. The first-order valence-corrected chi connectivity index (χ1v) is 4.59. The van der Waals surface area contributed by atoms with Gasteiger partial charge >= 0.3 is 5.97 Å². The highest BCUT2D eigenvalue weighted by atomic mass is 16.5. The van der Waals surface area contributed by atoms with Gasteiger partial charge in [-0.15, -0.1) is 0 Å². The number of hydrogen-bond acceptors (Lipinski definition) is 3. The second-order valence-electron chi connectivity index (χ2n) is 3.74. The normalized spacial score (nSPS) is 30.3. The van der Waals surface area contributed by atoms with Gasteiger partial charge in [0.15, 0.2) is 5.60 Å². The second-order valence-corrected chi connectivity index (χ2v) is 3.74. The number of hydrogen-bond donors (Lipinski definition) is 2. The molecule has 13 heavy (non-hydrogen) atoms. The van der Waals surface area contributed by atoms with Crippen molar-refractivity contribution in [3.05, 3.63) is 0 Å². The van der Waals surface area contributed by atoms with E-state index in [9.17, 15) is 4.79 Å². The van der Waals surface area contributed by atoms with Crippen LogP contribution in [-0.2, 0) is 9.53 Å². The summed E-state index contributed by atoms with van der Waals surface area (Å²) >= 11 is 0. The number of rotatable bonds is 4. The topological polar surface area (TPSA) is 66.8 Å². The fourth-order valence-corrected chi connectivity index (χ4v) is 1.74. The largest absolute Gasteiger partial charge is 0.479 e. The Hall–Kier alpha value is -0.610. The molecular weight excluding hydrogens is 172 g/mol. The van der Waals surface area contributed by atoms with Gasteiger partial charge in [0.1, 0.15) is 0 Å². The predicted molar refractivity (Wildman–Crippen MR) is 46.4 cm³/mol. The van der Waals surface area contributed by atoms with E-state index in [0.717, 1.165) is 6.42 Å². The number of aliphatic hydroxyl groups excluding tert-OH is 1. The van der Waals surface area contributed by atoms with Crippen molar-refractivity contribution in [2.24, 2.45) is 5.92 Å². The third kappa shape index (κ3) is 2.19. The summed E-state index contributed by atoms with van der Waals surface area (Å²) in [4.78, 5) is 11.0. The Labute approximate surface area is 77.5 Å². The van der Waals surface area contributed by atoms with Gasteiger partial charge in [0.05, 0.1) is 0 Å². The van der Waals surface area contributed by atoms with Crippen molar-refractivity contribution < 1.29 is 19.7 Å². The summed E-state index contributed by atoms with van der Waals surface area (Å²) in [6.45, 7) is 2.36. The quantitative estimate of drug-likeness (QED) is 0.679. The average Bonchev–Trinajstić information content (AvgIpc) is 2.54. The molecule has 4 nitrogen and oxygen atoms in total. The molecule has 0 aromatic heterocycles. The Bertz CT molecular complexity index is 184. The summed E-state index contributed by atoms with van der Waals surface area (Å²) in [5.41, 5.74) is -1.03. The first-order valence-electron chi connectivity index (χ1n) is 4.59. The first kappa shape index (κ1) is 10.5. The minimum absolute atomic E-state index is 0.0123. The third-order valence-corrected chi connectivity index (χ3v) is 2.48. The van der Waals surface area contributed by atoms with Crippen LogP contribution >= 0.6 is 0 Å². The molecule has 0 amide bonds. The summed E-state index contributed by atoms with van der Waals surface area (Å²) in [5.74, 6) is -0.917. The van der Waals surface area contributed by atoms with Crippen LogP contribution in [0.1, 0.15) is 26.2 Å². The number of carboxylic acids is 1. The fourth-order valence-electron chi connectivity index (χ4n) is 1.74. The average molecular weight is 188 g/mol. The van der Waals surface area contributed by atoms with Crippen LogP contribution in [0.25, 0.3) is 0 Å². The van der Waals surface area contributed by atoms with Gasteiger partial charge in [-0.05, 0) is 25.2 Å². The van der Waals surface area contributed by atoms with Crippen LogP contribution in [0.2, 0.25) is 0 Å². The Morgan fingerprint density at radius 1 is 1.69 bits per heavy atom. The Morgan fingerprint density at radius 3 is 2.77 bits per heavy atom. The first-order chi connectivity index (χ1) is 6.10. The van der Waals surface area contributed by atoms with Crippen molar-refractivity contribution in [1.82, 2.24) is 0 Å². The van der Waals surface area contributed by atoms with Crippen molar-refractivity contribution in [3.63, 3.8) is 0 Å². The molecule has 1 aliphatic heterocycles. The zero-order valence-corrected chi connectivity index (χ0v) is 7.82. The molecule has 76 valence electrons. The molecule has 0 aliphatic carbocycles. The Kier molecular flexibility index (Phi) is 3.27. The molecule has 1 heterocycles. The summed E-state index contributed by atoms with van der Waals surface area (Å²) in [6.07, 6.45) is 1.76. The van der Waals surface area contributed by atoms with Gasteiger partial charge in [-0.1, -0.05) is 6.92 Å². The highest BCUT2D eigenvalue weighted by molar-refractivity contribution is 5.77. The molecule has 0 aromatic carbocycles. The lowest BCUT2D eigenvalue weighted by Gasteiger charge is -2.25. The monoisotopic (exact) mass is 188 g/mol. The van der Waals surface area contributed by atoms with Crippen LogP contribution in [-0.4, -0.2) is 35.0 Å². The smallest absolute Gasteiger partial charge is 0.335 e. The van der Waals surface area contributed by atoms with Crippen molar-refractivity contribution in [3.8, 4) is 0 Å². The molecule has 0 saturated carbocycles. The van der Waals surface area contributed by atoms with Crippen LogP contribution in [0.4, 0.5) is 0 Å². The lowest BCUT2D eigenvalue weighted by molar-refractivity contribution is -0.162. The summed E-state index contributed by atoms with van der Waals surface area (Å²) in [5, 5.41) is 17.8. The van der Waals surface area contributed by atoms with E-state index in [1.165, 1.54) is 0 Å². The summed E-state index contributed by atoms with van der Waals surface area (Å²) in [6, 6.07) is 0. The summed E-state index contributed by atoms with van der Waals surface area (Å²) in [7, 11) is 0. The lowest BCUT2D eigenvalue weighted by atomic mass is 9.89. The number of aliphatic hydroxyl groups is 1. The number of carboxylic acid groups (broad SMARTS) is 1. The van der Waals surface area contributed by atoms with E-state index < -0.39 is 11.6 Å². The van der Waals surface area contributed by atoms with Gasteiger partial charge in [0.25, 0.3) is 0 Å². The molecule has 0 bridgehead atoms. The Balaban J connectivity index is 2.62. The van der Waals surface area contributed by atoms with Crippen molar-refractivity contribution >= 4 is 5.97 Å². The molecule has 1 aliphatic rings. The standard InChI is InChI=1S/C9H16O4/c1-7(6-10)5-9(8(11)12)3-2-4-13-9/h7,10H,2-6H2,1H3,(H,11,12). The lowest BCUT2D eigenvalue weighted by Crippen LogP contribution is -2.39. The van der Waals surface area contributed by atoms with Crippen molar-refractivity contribution in [2.45, 2.75) is 31.8 Å². The number of carbonyl (C=O) groups is 1. The Morgan fingerprint density at radius 2 is 2.38 bits per heavy atom. The van der Waals surface area contributed by atoms with Gasteiger partial charge in [0, 0.05) is 13.2 Å². The molecule has 2 N–H and O–H groups in total. The summed E-state index contributed by atoms with van der Waals surface area (Å²) < 4.78 is 5.26. The SMILES string of the molecule is CC(CO)CC1(C(=O)O)CCCO1. The van der Waals surface area contributed by atoms with E-state index in [1.54, 1.807) is 0 Å². The molecule has 0 spiro atoms. The van der Waals surface area contributed by atoms with Crippen LogP contribution in [0.3, 0.4) is 0 Å². The number of aliphatic carboxylic acids is 1. The maximum absolute atomic E-state index is 11.0.